The average molecular weight is 335 g/mol. The molecule has 122 valence electrons. The second-order valence-electron chi connectivity index (χ2n) is 4.86. The summed E-state index contributed by atoms with van der Waals surface area (Å²) in [7, 11) is 4.73. The van der Waals surface area contributed by atoms with Gasteiger partial charge in [-0.05, 0) is 12.1 Å². The summed E-state index contributed by atoms with van der Waals surface area (Å²) < 4.78 is 16.3. The Morgan fingerprint density at radius 2 is 1.91 bits per heavy atom. The fraction of sp³-hybridized carbons (Fsp3) is 0.333. The number of anilines is 1. The Labute approximate surface area is 137 Å². The summed E-state index contributed by atoms with van der Waals surface area (Å²) in [5, 5.41) is 9.56. The molecule has 0 saturated carbocycles. The van der Waals surface area contributed by atoms with Gasteiger partial charge in [-0.25, -0.2) is 0 Å². The number of ether oxygens (including phenoxy) is 3. The number of hydrogen-bond donors (Lipinski definition) is 2. The van der Waals surface area contributed by atoms with Crippen LogP contribution in [0, 0.1) is 0 Å². The van der Waals surface area contributed by atoms with Crippen LogP contribution < -0.4 is 19.5 Å². The zero-order valence-electron chi connectivity index (χ0n) is 13.0. The number of methoxy groups -OCH3 is 3. The van der Waals surface area contributed by atoms with Crippen LogP contribution in [0.1, 0.15) is 16.4 Å². The van der Waals surface area contributed by atoms with Gasteiger partial charge in [-0.2, -0.15) is 5.10 Å². The molecule has 2 aromatic rings. The van der Waals surface area contributed by atoms with E-state index in [2.05, 4.69) is 15.5 Å². The van der Waals surface area contributed by atoms with Crippen LogP contribution >= 0.6 is 11.8 Å². The van der Waals surface area contributed by atoms with E-state index in [1.807, 2.05) is 12.1 Å². The lowest BCUT2D eigenvalue weighted by Crippen LogP contribution is -2.12. The van der Waals surface area contributed by atoms with E-state index >= 15 is 0 Å². The van der Waals surface area contributed by atoms with Crippen molar-refractivity contribution >= 4 is 23.5 Å². The zero-order chi connectivity index (χ0) is 16.4. The summed E-state index contributed by atoms with van der Waals surface area (Å²) in [5.74, 6) is 2.59. The first-order valence-electron chi connectivity index (χ1n) is 6.93. The predicted octanol–water partition coefficient (Wildman–Crippen LogP) is 2.21. The van der Waals surface area contributed by atoms with Gasteiger partial charge in [0.1, 0.15) is 5.82 Å². The molecular formula is C15H17N3O4S. The second kappa shape index (κ2) is 6.41. The third-order valence-electron chi connectivity index (χ3n) is 3.61. The molecule has 1 aliphatic rings. The van der Waals surface area contributed by atoms with E-state index in [-0.39, 0.29) is 11.2 Å². The first-order valence-corrected chi connectivity index (χ1v) is 7.98. The smallest absolute Gasteiger partial charge is 0.235 e. The van der Waals surface area contributed by atoms with Crippen LogP contribution in [0.15, 0.2) is 18.3 Å². The van der Waals surface area contributed by atoms with Gasteiger partial charge in [-0.3, -0.25) is 9.89 Å². The van der Waals surface area contributed by atoms with E-state index in [0.717, 1.165) is 11.1 Å². The van der Waals surface area contributed by atoms with Crippen molar-refractivity contribution in [2.75, 3.05) is 32.4 Å². The van der Waals surface area contributed by atoms with E-state index in [0.29, 0.717) is 28.8 Å². The Morgan fingerprint density at radius 1 is 1.13 bits per heavy atom. The molecule has 2 N–H and O–H groups in total. The summed E-state index contributed by atoms with van der Waals surface area (Å²) in [6, 6.07) is 3.75. The van der Waals surface area contributed by atoms with E-state index < -0.39 is 0 Å². The first-order chi connectivity index (χ1) is 11.2. The topological polar surface area (TPSA) is 85.5 Å². The first kappa shape index (κ1) is 15.5. The molecule has 0 spiro atoms. The van der Waals surface area contributed by atoms with Gasteiger partial charge in [0.25, 0.3) is 0 Å². The number of hydrogen-bond acceptors (Lipinski definition) is 6. The summed E-state index contributed by atoms with van der Waals surface area (Å²) in [6.45, 7) is 0. The average Bonchev–Trinajstić information content (AvgIpc) is 2.95. The summed E-state index contributed by atoms with van der Waals surface area (Å²) >= 11 is 1.51. The summed E-state index contributed by atoms with van der Waals surface area (Å²) in [4.78, 5) is 11.8. The second-order valence-corrected chi connectivity index (χ2v) is 5.96. The third-order valence-corrected chi connectivity index (χ3v) is 4.88. The Morgan fingerprint density at radius 3 is 2.61 bits per heavy atom. The number of nitrogens with one attached hydrogen (secondary N) is 2. The molecule has 1 aromatic heterocycles. The van der Waals surface area contributed by atoms with Crippen molar-refractivity contribution in [3.8, 4) is 17.2 Å². The van der Waals surface area contributed by atoms with Gasteiger partial charge in [0, 0.05) is 11.1 Å². The minimum Gasteiger partial charge on any atom is -0.493 e. The lowest BCUT2D eigenvalue weighted by Gasteiger charge is -2.20. The number of H-pyrrole nitrogens is 1. The van der Waals surface area contributed by atoms with Crippen LogP contribution in [-0.2, 0) is 4.79 Å². The molecule has 1 amide bonds. The number of nitrogens with zero attached hydrogens (tertiary/aromatic N) is 1. The van der Waals surface area contributed by atoms with Crippen molar-refractivity contribution < 1.29 is 19.0 Å². The molecule has 8 heteroatoms. The summed E-state index contributed by atoms with van der Waals surface area (Å²) in [5.41, 5.74) is 1.79. The lowest BCUT2D eigenvalue weighted by molar-refractivity contribution is -0.113. The zero-order valence-corrected chi connectivity index (χ0v) is 13.8. The molecule has 23 heavy (non-hydrogen) atoms. The van der Waals surface area contributed by atoms with Gasteiger partial charge < -0.3 is 19.5 Å². The number of amides is 1. The molecule has 7 nitrogen and oxygen atoms in total. The molecule has 0 bridgehead atoms. The number of benzene rings is 1. The minimum atomic E-state index is -0.113. The van der Waals surface area contributed by atoms with Gasteiger partial charge in [-0.1, -0.05) is 0 Å². The molecule has 0 radical (unpaired) electrons. The molecule has 1 atom stereocenters. The molecule has 1 aliphatic heterocycles. The van der Waals surface area contributed by atoms with Crippen molar-refractivity contribution in [2.45, 2.75) is 5.25 Å². The maximum atomic E-state index is 11.8. The highest BCUT2D eigenvalue weighted by atomic mass is 32.2. The molecule has 0 aliphatic carbocycles. The maximum absolute atomic E-state index is 11.8. The van der Waals surface area contributed by atoms with Crippen molar-refractivity contribution in [1.82, 2.24) is 10.2 Å². The molecule has 3 rings (SSSR count). The molecular weight excluding hydrogens is 318 g/mol. The number of carbonyl (C=O) groups is 1. The van der Waals surface area contributed by atoms with Crippen molar-refractivity contribution in [3.05, 3.63) is 29.5 Å². The van der Waals surface area contributed by atoms with Crippen LogP contribution in [-0.4, -0.2) is 43.2 Å². The van der Waals surface area contributed by atoms with E-state index in [1.54, 1.807) is 27.5 Å². The van der Waals surface area contributed by atoms with Crippen LogP contribution in [0.5, 0.6) is 17.2 Å². The van der Waals surface area contributed by atoms with Gasteiger partial charge >= 0.3 is 0 Å². The number of carbonyl (C=O) groups excluding carboxylic acids is 1. The van der Waals surface area contributed by atoms with E-state index in [1.165, 1.54) is 11.8 Å². The predicted molar refractivity (Wildman–Crippen MR) is 87.6 cm³/mol. The number of aromatic amines is 1. The number of thioether (sulfide) groups is 1. The van der Waals surface area contributed by atoms with Gasteiger partial charge in [0.2, 0.25) is 11.7 Å². The number of aromatic nitrogens is 2. The highest BCUT2D eigenvalue weighted by molar-refractivity contribution is 8.00. The molecule has 1 aromatic carbocycles. The Hall–Kier alpha value is -2.35. The maximum Gasteiger partial charge on any atom is 0.235 e. The van der Waals surface area contributed by atoms with Gasteiger partial charge in [0.05, 0.1) is 38.5 Å². The van der Waals surface area contributed by atoms with Gasteiger partial charge in [-0.15, -0.1) is 11.8 Å². The van der Waals surface area contributed by atoms with Crippen LogP contribution in [0.25, 0.3) is 0 Å². The molecule has 0 saturated heterocycles. The van der Waals surface area contributed by atoms with Crippen molar-refractivity contribution in [1.29, 1.82) is 0 Å². The number of fused-ring (bicyclic) bond motifs is 1. The third kappa shape index (κ3) is 2.70. The Balaban J connectivity index is 2.14. The highest BCUT2D eigenvalue weighted by Gasteiger charge is 2.30. The van der Waals surface area contributed by atoms with Crippen molar-refractivity contribution in [2.24, 2.45) is 0 Å². The standard InChI is InChI=1S/C15H17N3O4S/c1-20-10-5-4-8(12(21-2)13(10)22-3)14-9-6-16-18-15(9)17-11(19)7-23-14/h4-6,14H,7H2,1-3H3,(H2,16,17,18,19). The SMILES string of the molecule is COc1ccc(C2SCC(=O)Nc3[nH]ncc32)c(OC)c1OC. The van der Waals surface area contributed by atoms with Crippen LogP contribution in [0.3, 0.4) is 0 Å². The monoisotopic (exact) mass is 335 g/mol. The summed E-state index contributed by atoms with van der Waals surface area (Å²) in [6.07, 6.45) is 1.72. The van der Waals surface area contributed by atoms with Crippen molar-refractivity contribution in [3.63, 3.8) is 0 Å². The Kier molecular flexibility index (Phi) is 4.33. The molecule has 0 fully saturated rings. The fourth-order valence-corrected chi connectivity index (χ4v) is 3.72. The van der Waals surface area contributed by atoms with Crippen LogP contribution in [0.4, 0.5) is 5.82 Å². The minimum absolute atomic E-state index is 0.0672. The fourth-order valence-electron chi connectivity index (χ4n) is 2.61. The van der Waals surface area contributed by atoms with Gasteiger partial charge in [0.15, 0.2) is 11.5 Å². The number of rotatable bonds is 4. The molecule has 2 heterocycles. The van der Waals surface area contributed by atoms with E-state index in [9.17, 15) is 4.79 Å². The quantitative estimate of drug-likeness (QED) is 0.891. The lowest BCUT2D eigenvalue weighted by atomic mass is 10.0. The normalized spacial score (nSPS) is 17.0. The largest absolute Gasteiger partial charge is 0.493 e. The van der Waals surface area contributed by atoms with Crippen LogP contribution in [0.2, 0.25) is 0 Å². The van der Waals surface area contributed by atoms with E-state index in [4.69, 9.17) is 14.2 Å². The molecule has 1 unspecified atom stereocenters. The highest BCUT2D eigenvalue weighted by Crippen LogP contribution is 2.49. The Bertz CT molecular complexity index is 732.